The van der Waals surface area contributed by atoms with Crippen LogP contribution in [0.3, 0.4) is 0 Å². The molecule has 0 amide bonds. The number of ether oxygens (including phenoxy) is 1. The van der Waals surface area contributed by atoms with Crippen LogP contribution in [0.2, 0.25) is 5.02 Å². The summed E-state index contributed by atoms with van der Waals surface area (Å²) in [5.74, 6) is -0.760. The van der Waals surface area contributed by atoms with Crippen molar-refractivity contribution in [1.82, 2.24) is 0 Å². The van der Waals surface area contributed by atoms with Crippen LogP contribution < -0.4 is 0 Å². The van der Waals surface area contributed by atoms with Gasteiger partial charge in [0.05, 0.1) is 5.92 Å². The fourth-order valence-corrected chi connectivity index (χ4v) is 2.52. The third-order valence-corrected chi connectivity index (χ3v) is 3.73. The molecule has 0 aliphatic carbocycles. The zero-order valence-corrected chi connectivity index (χ0v) is 10.9. The second-order valence-electron chi connectivity index (χ2n) is 4.73. The van der Waals surface area contributed by atoms with E-state index in [2.05, 4.69) is 0 Å². The average Bonchev–Trinajstić information content (AvgIpc) is 2.38. The molecule has 18 heavy (non-hydrogen) atoms. The largest absolute Gasteiger partial charge is 0.481 e. The quantitative estimate of drug-likeness (QED) is 0.911. The van der Waals surface area contributed by atoms with Gasteiger partial charge in [0.1, 0.15) is 0 Å². The van der Waals surface area contributed by atoms with E-state index < -0.39 is 11.9 Å². The number of carboxylic acid groups (broad SMARTS) is 1. The summed E-state index contributed by atoms with van der Waals surface area (Å²) >= 11 is 5.82. The number of hydrogen-bond acceptors (Lipinski definition) is 2. The monoisotopic (exact) mass is 268 g/mol. The van der Waals surface area contributed by atoms with Gasteiger partial charge in [-0.25, -0.2) is 0 Å². The molecule has 1 N–H and O–H groups in total. The molecule has 0 bridgehead atoms. The van der Waals surface area contributed by atoms with Crippen LogP contribution in [0.5, 0.6) is 0 Å². The van der Waals surface area contributed by atoms with E-state index in [1.807, 2.05) is 0 Å². The highest BCUT2D eigenvalue weighted by Crippen LogP contribution is 2.30. The second-order valence-corrected chi connectivity index (χ2v) is 5.17. The molecule has 1 aliphatic heterocycles. The summed E-state index contributed by atoms with van der Waals surface area (Å²) in [5, 5.41) is 10.00. The Morgan fingerprint density at radius 3 is 2.50 bits per heavy atom. The van der Waals surface area contributed by atoms with E-state index in [1.54, 1.807) is 24.3 Å². The van der Waals surface area contributed by atoms with Crippen molar-refractivity contribution in [2.75, 3.05) is 13.2 Å². The van der Waals surface area contributed by atoms with Gasteiger partial charge in [0.15, 0.2) is 0 Å². The van der Waals surface area contributed by atoms with Gasteiger partial charge in [-0.2, -0.15) is 0 Å². The predicted molar refractivity (Wildman–Crippen MR) is 70.0 cm³/mol. The lowest BCUT2D eigenvalue weighted by Gasteiger charge is -2.25. The average molecular weight is 269 g/mol. The summed E-state index contributed by atoms with van der Waals surface area (Å²) in [6.07, 6.45) is 2.59. The van der Waals surface area contributed by atoms with Crippen LogP contribution in [0.1, 0.15) is 30.7 Å². The first-order chi connectivity index (χ1) is 8.66. The molecule has 1 aromatic carbocycles. The first-order valence-corrected chi connectivity index (χ1v) is 6.60. The molecule has 4 heteroatoms. The first kappa shape index (κ1) is 13.4. The number of carboxylic acids is 1. The molecule has 1 unspecified atom stereocenters. The topological polar surface area (TPSA) is 46.5 Å². The lowest BCUT2D eigenvalue weighted by atomic mass is 9.85. The van der Waals surface area contributed by atoms with Gasteiger partial charge in [-0.3, -0.25) is 4.79 Å². The summed E-state index contributed by atoms with van der Waals surface area (Å²) in [4.78, 5) is 11.4. The standard InChI is InChI=1S/C14H17ClO3/c15-12-3-1-11(2-4-12)13(14(16)17)9-10-5-7-18-8-6-10/h1-4,10,13H,5-9H2,(H,16,17). The van der Waals surface area contributed by atoms with Crippen molar-refractivity contribution < 1.29 is 14.6 Å². The molecule has 1 heterocycles. The summed E-state index contributed by atoms with van der Waals surface area (Å²) in [6.45, 7) is 1.50. The number of carbonyl (C=O) groups is 1. The van der Waals surface area contributed by atoms with Crippen molar-refractivity contribution in [1.29, 1.82) is 0 Å². The van der Waals surface area contributed by atoms with Gasteiger partial charge in [0.25, 0.3) is 0 Å². The van der Waals surface area contributed by atoms with E-state index in [1.165, 1.54) is 0 Å². The van der Waals surface area contributed by atoms with Gasteiger partial charge in [-0.05, 0) is 42.9 Å². The molecule has 1 saturated heterocycles. The summed E-state index contributed by atoms with van der Waals surface area (Å²) < 4.78 is 5.30. The highest BCUT2D eigenvalue weighted by molar-refractivity contribution is 6.30. The maximum atomic E-state index is 11.4. The molecule has 0 spiro atoms. The fraction of sp³-hybridized carbons (Fsp3) is 0.500. The molecular weight excluding hydrogens is 252 g/mol. The van der Waals surface area contributed by atoms with E-state index in [-0.39, 0.29) is 0 Å². The van der Waals surface area contributed by atoms with E-state index >= 15 is 0 Å². The Morgan fingerprint density at radius 1 is 1.33 bits per heavy atom. The highest BCUT2D eigenvalue weighted by Gasteiger charge is 2.25. The Hall–Kier alpha value is -1.06. The van der Waals surface area contributed by atoms with Gasteiger partial charge < -0.3 is 9.84 Å². The van der Waals surface area contributed by atoms with Crippen LogP contribution in [-0.4, -0.2) is 24.3 Å². The van der Waals surface area contributed by atoms with Crippen LogP contribution in [-0.2, 0) is 9.53 Å². The first-order valence-electron chi connectivity index (χ1n) is 6.23. The van der Waals surface area contributed by atoms with Crippen molar-refractivity contribution in [3.63, 3.8) is 0 Å². The number of hydrogen-bond donors (Lipinski definition) is 1. The zero-order chi connectivity index (χ0) is 13.0. The van der Waals surface area contributed by atoms with Crippen LogP contribution in [0, 0.1) is 5.92 Å². The van der Waals surface area contributed by atoms with Crippen molar-refractivity contribution in [2.45, 2.75) is 25.2 Å². The lowest BCUT2D eigenvalue weighted by Crippen LogP contribution is -2.21. The molecule has 0 saturated carbocycles. The number of rotatable bonds is 4. The van der Waals surface area contributed by atoms with E-state index in [0.29, 0.717) is 17.4 Å². The minimum absolute atomic E-state index is 0.439. The van der Waals surface area contributed by atoms with Gasteiger partial charge in [0, 0.05) is 18.2 Å². The molecule has 1 fully saturated rings. The highest BCUT2D eigenvalue weighted by atomic mass is 35.5. The zero-order valence-electron chi connectivity index (χ0n) is 10.1. The van der Waals surface area contributed by atoms with E-state index in [4.69, 9.17) is 16.3 Å². The van der Waals surface area contributed by atoms with Gasteiger partial charge in [0.2, 0.25) is 0 Å². The molecular formula is C14H17ClO3. The predicted octanol–water partition coefficient (Wildman–Crippen LogP) is 3.32. The molecule has 0 radical (unpaired) electrons. The van der Waals surface area contributed by atoms with Crippen LogP contribution in [0.4, 0.5) is 0 Å². The van der Waals surface area contributed by atoms with Crippen molar-refractivity contribution >= 4 is 17.6 Å². The summed E-state index contributed by atoms with van der Waals surface area (Å²) in [5.41, 5.74) is 0.832. The van der Waals surface area contributed by atoms with Crippen LogP contribution in [0.25, 0.3) is 0 Å². The maximum absolute atomic E-state index is 11.4. The Morgan fingerprint density at radius 2 is 1.94 bits per heavy atom. The fourth-order valence-electron chi connectivity index (χ4n) is 2.39. The number of aliphatic carboxylic acids is 1. The molecule has 1 aliphatic rings. The third-order valence-electron chi connectivity index (χ3n) is 3.48. The van der Waals surface area contributed by atoms with Gasteiger partial charge in [-0.1, -0.05) is 23.7 Å². The molecule has 1 aromatic rings. The number of benzene rings is 1. The van der Waals surface area contributed by atoms with E-state index in [9.17, 15) is 9.90 Å². The Bertz CT molecular complexity index is 396. The van der Waals surface area contributed by atoms with Crippen LogP contribution in [0.15, 0.2) is 24.3 Å². The van der Waals surface area contributed by atoms with Crippen LogP contribution >= 0.6 is 11.6 Å². The SMILES string of the molecule is O=C(O)C(CC1CCOCC1)c1ccc(Cl)cc1. The van der Waals surface area contributed by atoms with Crippen molar-refractivity contribution in [3.8, 4) is 0 Å². The van der Waals surface area contributed by atoms with E-state index in [0.717, 1.165) is 31.6 Å². The molecule has 3 nitrogen and oxygen atoms in total. The third kappa shape index (κ3) is 3.47. The second kappa shape index (κ2) is 6.21. The molecule has 2 rings (SSSR count). The minimum atomic E-state index is -0.760. The minimum Gasteiger partial charge on any atom is -0.481 e. The smallest absolute Gasteiger partial charge is 0.310 e. The maximum Gasteiger partial charge on any atom is 0.310 e. The Labute approximate surface area is 112 Å². The van der Waals surface area contributed by atoms with Crippen molar-refractivity contribution in [2.24, 2.45) is 5.92 Å². The molecule has 1 atom stereocenters. The molecule has 0 aromatic heterocycles. The van der Waals surface area contributed by atoms with Gasteiger partial charge in [-0.15, -0.1) is 0 Å². The number of halogens is 1. The normalized spacial score (nSPS) is 18.5. The summed E-state index contributed by atoms with van der Waals surface area (Å²) in [7, 11) is 0. The lowest BCUT2D eigenvalue weighted by molar-refractivity contribution is -0.139. The molecule has 98 valence electrons. The van der Waals surface area contributed by atoms with Gasteiger partial charge >= 0.3 is 5.97 Å². The Balaban J connectivity index is 2.07. The van der Waals surface area contributed by atoms with Crippen molar-refractivity contribution in [3.05, 3.63) is 34.9 Å². The Kier molecular flexibility index (Phi) is 4.61. The summed E-state index contributed by atoms with van der Waals surface area (Å²) in [6, 6.07) is 7.11.